The summed E-state index contributed by atoms with van der Waals surface area (Å²) in [6.45, 7) is 8.39. The van der Waals surface area contributed by atoms with Crippen LogP contribution in [0.2, 0.25) is 0 Å². The maximum atomic E-state index is 12.5. The van der Waals surface area contributed by atoms with Gasteiger partial charge in [0.1, 0.15) is 11.4 Å². The van der Waals surface area contributed by atoms with Gasteiger partial charge in [-0.15, -0.1) is 4.83 Å². The fourth-order valence-corrected chi connectivity index (χ4v) is 4.44. The van der Waals surface area contributed by atoms with Gasteiger partial charge in [-0.1, -0.05) is 62.4 Å². The molecule has 0 aliphatic carbocycles. The molecule has 7 nitrogen and oxygen atoms in total. The first kappa shape index (κ1) is 23.1. The quantitative estimate of drug-likeness (QED) is 0.396. The summed E-state index contributed by atoms with van der Waals surface area (Å²) in [5.41, 5.74) is 4.93. The van der Waals surface area contributed by atoms with Gasteiger partial charge in [-0.3, -0.25) is 5.43 Å². The van der Waals surface area contributed by atoms with E-state index < -0.39 is 10.0 Å². The van der Waals surface area contributed by atoms with Crippen molar-refractivity contribution in [2.75, 3.05) is 12.5 Å². The average Bonchev–Trinajstić information content (AvgIpc) is 2.72. The Balaban J connectivity index is 1.79. The predicted molar refractivity (Wildman–Crippen MR) is 123 cm³/mol. The van der Waals surface area contributed by atoms with Gasteiger partial charge in [-0.05, 0) is 42.2 Å². The van der Waals surface area contributed by atoms with E-state index in [0.717, 1.165) is 10.5 Å². The van der Waals surface area contributed by atoms with E-state index in [-0.39, 0.29) is 16.1 Å². The van der Waals surface area contributed by atoms with E-state index in [2.05, 4.69) is 53.1 Å². The van der Waals surface area contributed by atoms with Crippen LogP contribution in [0.4, 0.5) is 5.82 Å². The molecule has 0 fully saturated rings. The molecule has 1 heterocycles. The Bertz CT molecular complexity index is 1140. The lowest BCUT2D eigenvalue weighted by atomic mass is 9.87. The summed E-state index contributed by atoms with van der Waals surface area (Å²) < 4.78 is 30.6. The first-order chi connectivity index (χ1) is 14.6. The van der Waals surface area contributed by atoms with Crippen molar-refractivity contribution in [1.29, 1.82) is 0 Å². The number of nitrogens with one attached hydrogen (secondary N) is 2. The van der Waals surface area contributed by atoms with E-state index in [1.807, 2.05) is 19.1 Å². The molecule has 1 aromatic heterocycles. The maximum absolute atomic E-state index is 12.5. The minimum atomic E-state index is -3.77. The molecular formula is C22H26N4O3S2. The smallest absolute Gasteiger partial charge is 0.257 e. The van der Waals surface area contributed by atoms with Crippen LogP contribution in [0.3, 0.4) is 0 Å². The lowest BCUT2D eigenvalue weighted by molar-refractivity contribution is 0.400. The predicted octanol–water partition coefficient (Wildman–Crippen LogP) is 4.55. The Morgan fingerprint density at radius 2 is 1.61 bits per heavy atom. The van der Waals surface area contributed by atoms with Crippen LogP contribution in [-0.2, 0) is 15.4 Å². The summed E-state index contributed by atoms with van der Waals surface area (Å²) in [6.07, 6.45) is 1.36. The average molecular weight is 459 g/mol. The van der Waals surface area contributed by atoms with Gasteiger partial charge in [0.15, 0.2) is 11.6 Å². The number of sulfonamides is 1. The van der Waals surface area contributed by atoms with Crippen LogP contribution in [0.15, 0.2) is 69.7 Å². The van der Waals surface area contributed by atoms with Gasteiger partial charge in [-0.2, -0.15) is 0 Å². The molecule has 0 saturated carbocycles. The Labute approximate surface area is 187 Å². The number of methoxy groups -OCH3 is 1. The number of hydrogen-bond acceptors (Lipinski definition) is 7. The number of anilines is 1. The van der Waals surface area contributed by atoms with Gasteiger partial charge in [0.2, 0.25) is 0 Å². The number of aromatic nitrogens is 2. The Morgan fingerprint density at radius 1 is 0.968 bits per heavy atom. The number of benzene rings is 2. The lowest BCUT2D eigenvalue weighted by Crippen LogP contribution is -2.30. The fourth-order valence-electron chi connectivity index (χ4n) is 2.73. The molecule has 0 amide bonds. The molecule has 0 spiro atoms. The highest BCUT2D eigenvalue weighted by Crippen LogP contribution is 2.37. The summed E-state index contributed by atoms with van der Waals surface area (Å²) in [5, 5.41) is 0.568. The molecular weight excluding hydrogens is 432 g/mol. The summed E-state index contributed by atoms with van der Waals surface area (Å²) in [5.74, 6) is 0.570. The summed E-state index contributed by atoms with van der Waals surface area (Å²) in [7, 11) is -2.28. The van der Waals surface area contributed by atoms with Crippen LogP contribution in [0.1, 0.15) is 31.9 Å². The zero-order chi connectivity index (χ0) is 22.6. The van der Waals surface area contributed by atoms with Crippen molar-refractivity contribution in [3.8, 4) is 5.75 Å². The number of hydrazine groups is 1. The van der Waals surface area contributed by atoms with Gasteiger partial charge in [0, 0.05) is 4.90 Å². The van der Waals surface area contributed by atoms with Gasteiger partial charge >= 0.3 is 0 Å². The van der Waals surface area contributed by atoms with Crippen LogP contribution in [-0.4, -0.2) is 25.5 Å². The van der Waals surface area contributed by atoms with Gasteiger partial charge in [-0.25, -0.2) is 18.4 Å². The minimum Gasteiger partial charge on any atom is -0.490 e. The van der Waals surface area contributed by atoms with Gasteiger partial charge < -0.3 is 4.74 Å². The van der Waals surface area contributed by atoms with Crippen molar-refractivity contribution in [3.63, 3.8) is 0 Å². The van der Waals surface area contributed by atoms with E-state index in [9.17, 15) is 8.42 Å². The monoisotopic (exact) mass is 458 g/mol. The van der Waals surface area contributed by atoms with Crippen LogP contribution in [0, 0.1) is 6.92 Å². The van der Waals surface area contributed by atoms with E-state index in [1.165, 1.54) is 30.8 Å². The molecule has 0 atom stereocenters. The highest BCUT2D eigenvalue weighted by atomic mass is 32.2. The van der Waals surface area contributed by atoms with E-state index >= 15 is 0 Å². The summed E-state index contributed by atoms with van der Waals surface area (Å²) in [6, 6.07) is 14.8. The van der Waals surface area contributed by atoms with Crippen molar-refractivity contribution >= 4 is 27.6 Å². The number of rotatable bonds is 7. The Morgan fingerprint density at radius 3 is 2.19 bits per heavy atom. The van der Waals surface area contributed by atoms with Crippen molar-refractivity contribution in [3.05, 3.63) is 66.0 Å². The van der Waals surface area contributed by atoms with Crippen molar-refractivity contribution in [2.45, 2.75) is 47.9 Å². The first-order valence-corrected chi connectivity index (χ1v) is 11.9. The topological polar surface area (TPSA) is 93.2 Å². The van der Waals surface area contributed by atoms with Crippen molar-refractivity contribution in [2.24, 2.45) is 0 Å². The van der Waals surface area contributed by atoms with Gasteiger partial charge in [0.25, 0.3) is 10.0 Å². The molecule has 3 aromatic rings. The van der Waals surface area contributed by atoms with E-state index in [4.69, 9.17) is 4.74 Å². The molecule has 2 aromatic carbocycles. The van der Waals surface area contributed by atoms with Crippen LogP contribution in [0.25, 0.3) is 0 Å². The number of nitrogens with zero attached hydrogens (tertiary/aromatic N) is 2. The number of aryl methyl sites for hydroxylation is 1. The minimum absolute atomic E-state index is 0.0709. The summed E-state index contributed by atoms with van der Waals surface area (Å²) >= 11 is 1.41. The summed E-state index contributed by atoms with van der Waals surface area (Å²) in [4.78, 5) is 11.9. The SMILES string of the molecule is COc1c(NNS(=O)(=O)c2ccc(C)cc2)ncnc1Sc1ccc(C(C)(C)C)cc1. The third kappa shape index (κ3) is 5.75. The number of ether oxygens (including phenoxy) is 1. The standard InChI is InChI=1S/C22H26N4O3S2/c1-15-6-12-18(13-7-15)31(27,28)26-25-20-19(29-5)21(24-14-23-20)30-17-10-8-16(9-11-17)22(2,3)4/h6-14,26H,1-5H3,(H,23,24,25). The normalized spacial score (nSPS) is 11.9. The third-order valence-corrected chi connectivity index (χ3v) is 6.80. The second-order valence-corrected chi connectivity index (χ2v) is 10.7. The first-order valence-electron chi connectivity index (χ1n) is 9.62. The van der Waals surface area contributed by atoms with Crippen molar-refractivity contribution < 1.29 is 13.2 Å². The van der Waals surface area contributed by atoms with E-state index in [1.54, 1.807) is 24.3 Å². The molecule has 0 unspecified atom stereocenters. The second kappa shape index (κ2) is 9.25. The molecule has 9 heteroatoms. The zero-order valence-corrected chi connectivity index (χ0v) is 19.8. The molecule has 0 aliphatic heterocycles. The molecule has 2 N–H and O–H groups in total. The molecule has 3 rings (SSSR count). The van der Waals surface area contributed by atoms with Gasteiger partial charge in [0.05, 0.1) is 12.0 Å². The van der Waals surface area contributed by atoms with Crippen LogP contribution < -0.4 is 15.0 Å². The Kier molecular flexibility index (Phi) is 6.88. The zero-order valence-electron chi connectivity index (χ0n) is 18.1. The molecule has 164 valence electrons. The Hall–Kier alpha value is -2.62. The number of hydrogen-bond donors (Lipinski definition) is 2. The molecule has 0 radical (unpaired) electrons. The lowest BCUT2D eigenvalue weighted by Gasteiger charge is -2.19. The highest BCUT2D eigenvalue weighted by molar-refractivity contribution is 7.99. The fraction of sp³-hybridized carbons (Fsp3) is 0.273. The second-order valence-electron chi connectivity index (χ2n) is 7.98. The highest BCUT2D eigenvalue weighted by Gasteiger charge is 2.18. The van der Waals surface area contributed by atoms with Crippen LogP contribution >= 0.6 is 11.8 Å². The largest absolute Gasteiger partial charge is 0.490 e. The molecule has 0 saturated heterocycles. The molecule has 0 bridgehead atoms. The van der Waals surface area contributed by atoms with Crippen molar-refractivity contribution in [1.82, 2.24) is 14.8 Å². The maximum Gasteiger partial charge on any atom is 0.257 e. The third-order valence-electron chi connectivity index (χ3n) is 4.55. The molecule has 31 heavy (non-hydrogen) atoms. The molecule has 0 aliphatic rings. The van der Waals surface area contributed by atoms with Crippen LogP contribution in [0.5, 0.6) is 5.75 Å². The van der Waals surface area contributed by atoms with E-state index in [0.29, 0.717) is 10.8 Å².